The standard InChI is InChI=1S/C12H21N3/c1-6-7-9-8-10(13-5)15-11(14-9)12(2,3)4/h8H,6-7H2,1-5H3,(H,13,14,15). The van der Waals surface area contributed by atoms with E-state index in [-0.39, 0.29) is 5.41 Å². The Balaban J connectivity index is 3.11. The van der Waals surface area contributed by atoms with Crippen molar-refractivity contribution in [1.82, 2.24) is 9.97 Å². The van der Waals surface area contributed by atoms with Gasteiger partial charge in [0.25, 0.3) is 0 Å². The molecule has 3 heteroatoms. The van der Waals surface area contributed by atoms with Crippen LogP contribution >= 0.6 is 0 Å². The highest BCUT2D eigenvalue weighted by Crippen LogP contribution is 2.20. The topological polar surface area (TPSA) is 37.8 Å². The van der Waals surface area contributed by atoms with Gasteiger partial charge in [-0.1, -0.05) is 34.1 Å². The molecule has 0 spiro atoms. The molecule has 0 saturated heterocycles. The van der Waals surface area contributed by atoms with Gasteiger partial charge in [0.1, 0.15) is 11.6 Å². The van der Waals surface area contributed by atoms with Gasteiger partial charge in [0.05, 0.1) is 0 Å². The summed E-state index contributed by atoms with van der Waals surface area (Å²) in [6, 6.07) is 2.03. The number of nitrogens with zero attached hydrogens (tertiary/aromatic N) is 2. The van der Waals surface area contributed by atoms with Gasteiger partial charge in [-0.25, -0.2) is 9.97 Å². The first kappa shape index (κ1) is 12.0. The highest BCUT2D eigenvalue weighted by atomic mass is 15.0. The fourth-order valence-electron chi connectivity index (χ4n) is 1.35. The van der Waals surface area contributed by atoms with Crippen LogP contribution in [0.1, 0.15) is 45.6 Å². The molecule has 0 bridgehead atoms. The monoisotopic (exact) mass is 207 g/mol. The van der Waals surface area contributed by atoms with Crippen molar-refractivity contribution in [2.24, 2.45) is 0 Å². The van der Waals surface area contributed by atoms with Gasteiger partial charge in [0.15, 0.2) is 0 Å². The predicted molar refractivity (Wildman–Crippen MR) is 64.3 cm³/mol. The third-order valence-corrected chi connectivity index (χ3v) is 2.21. The number of nitrogens with one attached hydrogen (secondary N) is 1. The van der Waals surface area contributed by atoms with Crippen molar-refractivity contribution in [2.45, 2.75) is 46.0 Å². The van der Waals surface area contributed by atoms with Crippen molar-refractivity contribution >= 4 is 5.82 Å². The number of hydrogen-bond donors (Lipinski definition) is 1. The lowest BCUT2D eigenvalue weighted by molar-refractivity contribution is 0.541. The molecule has 1 aromatic heterocycles. The van der Waals surface area contributed by atoms with Crippen LogP contribution < -0.4 is 5.32 Å². The van der Waals surface area contributed by atoms with E-state index < -0.39 is 0 Å². The smallest absolute Gasteiger partial charge is 0.136 e. The second-order valence-electron chi connectivity index (χ2n) is 4.82. The molecular weight excluding hydrogens is 186 g/mol. The lowest BCUT2D eigenvalue weighted by atomic mass is 9.95. The van der Waals surface area contributed by atoms with Crippen molar-refractivity contribution in [2.75, 3.05) is 12.4 Å². The van der Waals surface area contributed by atoms with Crippen molar-refractivity contribution in [3.63, 3.8) is 0 Å². The van der Waals surface area contributed by atoms with Crippen LogP contribution in [0.4, 0.5) is 5.82 Å². The summed E-state index contributed by atoms with van der Waals surface area (Å²) in [5, 5.41) is 3.09. The molecule has 0 unspecified atom stereocenters. The zero-order chi connectivity index (χ0) is 11.5. The van der Waals surface area contributed by atoms with E-state index in [4.69, 9.17) is 0 Å². The molecule has 15 heavy (non-hydrogen) atoms. The van der Waals surface area contributed by atoms with Crippen LogP contribution in [0.3, 0.4) is 0 Å². The second-order valence-corrected chi connectivity index (χ2v) is 4.82. The Morgan fingerprint density at radius 3 is 2.40 bits per heavy atom. The molecule has 0 amide bonds. The maximum Gasteiger partial charge on any atom is 0.136 e. The minimum absolute atomic E-state index is 0.00928. The summed E-state index contributed by atoms with van der Waals surface area (Å²) < 4.78 is 0. The van der Waals surface area contributed by atoms with E-state index in [1.54, 1.807) is 0 Å². The van der Waals surface area contributed by atoms with Gasteiger partial charge in [0.2, 0.25) is 0 Å². The van der Waals surface area contributed by atoms with E-state index in [2.05, 4.69) is 43.0 Å². The molecule has 1 aromatic rings. The van der Waals surface area contributed by atoms with Crippen LogP contribution in [0.2, 0.25) is 0 Å². The highest BCUT2D eigenvalue weighted by Gasteiger charge is 2.18. The fraction of sp³-hybridized carbons (Fsp3) is 0.667. The van der Waals surface area contributed by atoms with Crippen LogP contribution in [0, 0.1) is 0 Å². The number of aromatic nitrogens is 2. The number of anilines is 1. The van der Waals surface area contributed by atoms with Crippen LogP contribution in [-0.2, 0) is 11.8 Å². The van der Waals surface area contributed by atoms with Gasteiger partial charge < -0.3 is 5.32 Å². The SMILES string of the molecule is CCCc1cc(NC)nc(C(C)(C)C)n1. The third kappa shape index (κ3) is 3.18. The summed E-state index contributed by atoms with van der Waals surface area (Å²) in [5.74, 6) is 1.83. The van der Waals surface area contributed by atoms with Gasteiger partial charge in [-0.05, 0) is 6.42 Å². The Bertz CT molecular complexity index is 326. The van der Waals surface area contributed by atoms with E-state index in [1.807, 2.05) is 13.1 Å². The van der Waals surface area contributed by atoms with E-state index >= 15 is 0 Å². The van der Waals surface area contributed by atoms with Gasteiger partial charge in [-0.15, -0.1) is 0 Å². The van der Waals surface area contributed by atoms with Crippen molar-refractivity contribution in [1.29, 1.82) is 0 Å². The average Bonchev–Trinajstić information content (AvgIpc) is 2.16. The number of hydrogen-bond acceptors (Lipinski definition) is 3. The summed E-state index contributed by atoms with van der Waals surface area (Å²) >= 11 is 0. The first-order valence-electron chi connectivity index (χ1n) is 5.53. The van der Waals surface area contributed by atoms with Crippen molar-refractivity contribution < 1.29 is 0 Å². The van der Waals surface area contributed by atoms with E-state index in [9.17, 15) is 0 Å². The second kappa shape index (κ2) is 4.60. The van der Waals surface area contributed by atoms with Gasteiger partial charge in [-0.2, -0.15) is 0 Å². The minimum atomic E-state index is 0.00928. The molecule has 1 N–H and O–H groups in total. The Morgan fingerprint density at radius 1 is 1.27 bits per heavy atom. The highest BCUT2D eigenvalue weighted by molar-refractivity contribution is 5.36. The molecule has 0 atom stereocenters. The molecule has 84 valence electrons. The molecule has 0 fully saturated rings. The zero-order valence-electron chi connectivity index (χ0n) is 10.4. The third-order valence-electron chi connectivity index (χ3n) is 2.21. The maximum absolute atomic E-state index is 4.59. The molecule has 0 aliphatic heterocycles. The van der Waals surface area contributed by atoms with Gasteiger partial charge in [-0.3, -0.25) is 0 Å². The molecule has 1 rings (SSSR count). The van der Waals surface area contributed by atoms with Gasteiger partial charge >= 0.3 is 0 Å². The Labute approximate surface area is 92.3 Å². The van der Waals surface area contributed by atoms with E-state index in [0.717, 1.165) is 30.2 Å². The van der Waals surface area contributed by atoms with Crippen LogP contribution in [-0.4, -0.2) is 17.0 Å². The molecule has 0 aliphatic carbocycles. The summed E-state index contributed by atoms with van der Waals surface area (Å²) in [7, 11) is 1.89. The van der Waals surface area contributed by atoms with Crippen molar-refractivity contribution in [3.8, 4) is 0 Å². The lowest BCUT2D eigenvalue weighted by Crippen LogP contribution is -2.18. The van der Waals surface area contributed by atoms with E-state index in [0.29, 0.717) is 0 Å². The quantitative estimate of drug-likeness (QED) is 0.828. The minimum Gasteiger partial charge on any atom is -0.373 e. The van der Waals surface area contributed by atoms with Crippen molar-refractivity contribution in [3.05, 3.63) is 17.6 Å². The summed E-state index contributed by atoms with van der Waals surface area (Å²) in [6.07, 6.45) is 2.13. The molecule has 1 heterocycles. The Hall–Kier alpha value is -1.12. The molecule has 0 saturated carbocycles. The number of rotatable bonds is 3. The number of aryl methyl sites for hydroxylation is 1. The summed E-state index contributed by atoms with van der Waals surface area (Å²) in [5.41, 5.74) is 1.14. The summed E-state index contributed by atoms with van der Waals surface area (Å²) in [6.45, 7) is 8.57. The van der Waals surface area contributed by atoms with Crippen LogP contribution in [0.15, 0.2) is 6.07 Å². The predicted octanol–water partition coefficient (Wildman–Crippen LogP) is 2.77. The van der Waals surface area contributed by atoms with Crippen LogP contribution in [0.5, 0.6) is 0 Å². The van der Waals surface area contributed by atoms with E-state index in [1.165, 1.54) is 0 Å². The normalized spacial score (nSPS) is 11.5. The first-order chi connectivity index (χ1) is 6.97. The van der Waals surface area contributed by atoms with Crippen LogP contribution in [0.25, 0.3) is 0 Å². The largest absolute Gasteiger partial charge is 0.373 e. The first-order valence-corrected chi connectivity index (χ1v) is 5.53. The molecule has 3 nitrogen and oxygen atoms in total. The molecular formula is C12H21N3. The molecule has 0 radical (unpaired) electrons. The summed E-state index contributed by atoms with van der Waals surface area (Å²) in [4.78, 5) is 9.07. The maximum atomic E-state index is 4.59. The average molecular weight is 207 g/mol. The molecule has 0 aliphatic rings. The molecule has 0 aromatic carbocycles. The fourth-order valence-corrected chi connectivity index (χ4v) is 1.35. The zero-order valence-corrected chi connectivity index (χ0v) is 10.4. The Morgan fingerprint density at radius 2 is 1.93 bits per heavy atom. The van der Waals surface area contributed by atoms with Gasteiger partial charge in [0, 0.05) is 24.2 Å². The Kier molecular flexibility index (Phi) is 3.66. The lowest BCUT2D eigenvalue weighted by Gasteiger charge is -2.18.